The fourth-order valence-electron chi connectivity index (χ4n) is 2.69. The lowest BCUT2D eigenvalue weighted by Crippen LogP contribution is -2.17. The van der Waals surface area contributed by atoms with E-state index in [1.807, 2.05) is 54.6 Å². The Balaban J connectivity index is 1.54. The second kappa shape index (κ2) is 6.13. The molecule has 25 heavy (non-hydrogen) atoms. The molecule has 0 bridgehead atoms. The van der Waals surface area contributed by atoms with Gasteiger partial charge in [-0.1, -0.05) is 42.5 Å². The molecule has 0 saturated carbocycles. The topological polar surface area (TPSA) is 74.8 Å². The van der Waals surface area contributed by atoms with E-state index >= 15 is 0 Å². The van der Waals surface area contributed by atoms with Crippen LogP contribution in [0.25, 0.3) is 21.7 Å². The maximum Gasteiger partial charge on any atom is 0.275 e. The minimum Gasteiger partial charge on any atom is -0.507 e. The number of amides is 1. The van der Waals surface area contributed by atoms with Crippen LogP contribution in [0.3, 0.4) is 0 Å². The molecular weight excluding hydrogens is 316 g/mol. The van der Waals surface area contributed by atoms with Crippen LogP contribution in [0.15, 0.2) is 76.2 Å². The molecule has 0 saturated heterocycles. The lowest BCUT2D eigenvalue weighted by Gasteiger charge is -2.05. The summed E-state index contributed by atoms with van der Waals surface area (Å²) in [6.07, 6.45) is 1.43. The first-order chi connectivity index (χ1) is 12.2. The van der Waals surface area contributed by atoms with Crippen molar-refractivity contribution in [3.05, 3.63) is 78.1 Å². The summed E-state index contributed by atoms with van der Waals surface area (Å²) in [5.41, 5.74) is 3.33. The van der Waals surface area contributed by atoms with Gasteiger partial charge in [-0.2, -0.15) is 5.10 Å². The highest BCUT2D eigenvalue weighted by atomic mass is 16.3. The summed E-state index contributed by atoms with van der Waals surface area (Å²) >= 11 is 0. The van der Waals surface area contributed by atoms with Crippen molar-refractivity contribution in [2.75, 3.05) is 0 Å². The Morgan fingerprint density at radius 2 is 1.64 bits per heavy atom. The molecule has 0 aliphatic carbocycles. The summed E-state index contributed by atoms with van der Waals surface area (Å²) in [5.74, 6) is -0.0463. The maximum atomic E-state index is 12.3. The van der Waals surface area contributed by atoms with Gasteiger partial charge < -0.3 is 9.52 Å². The molecule has 0 radical (unpaired) electrons. The van der Waals surface area contributed by atoms with Crippen LogP contribution >= 0.6 is 0 Å². The number of hydrogen-bond donors (Lipinski definition) is 2. The SMILES string of the molecule is O=C(NN=Cc1cc2ccccc2o1)c1cc2ccccc2cc1O. The molecule has 1 heterocycles. The number of furan rings is 1. The van der Waals surface area contributed by atoms with E-state index in [1.165, 1.54) is 6.21 Å². The zero-order chi connectivity index (χ0) is 17.2. The standard InChI is InChI=1S/C20H14N2O3/c23-18-11-14-6-2-1-5-13(14)10-17(18)20(24)22-21-12-16-9-15-7-3-4-8-19(15)25-16/h1-12,23H,(H,22,24). The molecule has 3 aromatic carbocycles. The molecule has 0 spiro atoms. The summed E-state index contributed by atoms with van der Waals surface area (Å²) in [4.78, 5) is 12.3. The molecule has 0 aliphatic rings. The van der Waals surface area contributed by atoms with Gasteiger partial charge in [-0.05, 0) is 35.0 Å². The fraction of sp³-hybridized carbons (Fsp3) is 0. The number of fused-ring (bicyclic) bond motifs is 2. The van der Waals surface area contributed by atoms with Crippen LogP contribution in [0, 0.1) is 0 Å². The molecule has 0 atom stereocenters. The predicted octanol–water partition coefficient (Wildman–Crippen LogP) is 4.06. The van der Waals surface area contributed by atoms with Crippen LogP contribution in [0.5, 0.6) is 5.75 Å². The third-order valence-corrected chi connectivity index (χ3v) is 3.91. The summed E-state index contributed by atoms with van der Waals surface area (Å²) in [6, 6.07) is 20.1. The summed E-state index contributed by atoms with van der Waals surface area (Å²) in [5, 5.41) is 16.7. The quantitative estimate of drug-likeness (QED) is 0.439. The highest BCUT2D eigenvalue weighted by molar-refractivity contribution is 6.01. The largest absolute Gasteiger partial charge is 0.507 e. The molecule has 0 unspecified atom stereocenters. The number of aromatic hydroxyl groups is 1. The number of phenols is 1. The van der Waals surface area contributed by atoms with Gasteiger partial charge in [0.1, 0.15) is 17.1 Å². The number of nitrogens with zero attached hydrogens (tertiary/aromatic N) is 1. The lowest BCUT2D eigenvalue weighted by molar-refractivity contribution is 0.0952. The second-order valence-electron chi connectivity index (χ2n) is 5.60. The second-order valence-corrected chi connectivity index (χ2v) is 5.60. The number of nitrogens with one attached hydrogen (secondary N) is 1. The number of rotatable bonds is 3. The zero-order valence-electron chi connectivity index (χ0n) is 13.1. The minimum absolute atomic E-state index is 0.0878. The normalized spacial score (nSPS) is 11.4. The number of phenolic OH excluding ortho intramolecular Hbond substituents is 1. The molecule has 4 rings (SSSR count). The Morgan fingerprint density at radius 1 is 0.960 bits per heavy atom. The zero-order valence-corrected chi connectivity index (χ0v) is 13.1. The van der Waals surface area contributed by atoms with E-state index in [9.17, 15) is 9.90 Å². The van der Waals surface area contributed by atoms with E-state index in [0.717, 1.165) is 21.7 Å². The lowest BCUT2D eigenvalue weighted by atomic mass is 10.1. The van der Waals surface area contributed by atoms with Crippen molar-refractivity contribution in [3.63, 3.8) is 0 Å². The first kappa shape index (κ1) is 15.0. The number of para-hydroxylation sites is 1. The van der Waals surface area contributed by atoms with Crippen molar-refractivity contribution in [3.8, 4) is 5.75 Å². The highest BCUT2D eigenvalue weighted by Gasteiger charge is 2.11. The molecule has 4 aromatic rings. The first-order valence-corrected chi connectivity index (χ1v) is 7.74. The van der Waals surface area contributed by atoms with Crippen molar-refractivity contribution in [2.24, 2.45) is 5.10 Å². The third-order valence-electron chi connectivity index (χ3n) is 3.91. The van der Waals surface area contributed by atoms with Crippen LogP contribution in [0.2, 0.25) is 0 Å². The van der Waals surface area contributed by atoms with E-state index in [2.05, 4.69) is 10.5 Å². The molecule has 2 N–H and O–H groups in total. The van der Waals surface area contributed by atoms with Crippen molar-refractivity contribution in [2.45, 2.75) is 0 Å². The Labute approximate surface area is 143 Å². The van der Waals surface area contributed by atoms with E-state index in [1.54, 1.807) is 12.1 Å². The third kappa shape index (κ3) is 2.95. The van der Waals surface area contributed by atoms with Crippen molar-refractivity contribution >= 4 is 33.9 Å². The van der Waals surface area contributed by atoms with Crippen LogP contribution in [-0.4, -0.2) is 17.2 Å². The number of hydrazone groups is 1. The van der Waals surface area contributed by atoms with E-state index < -0.39 is 5.91 Å². The molecule has 0 fully saturated rings. The van der Waals surface area contributed by atoms with E-state index in [4.69, 9.17) is 4.42 Å². The Morgan fingerprint density at radius 3 is 2.40 bits per heavy atom. The maximum absolute atomic E-state index is 12.3. The van der Waals surface area contributed by atoms with Crippen molar-refractivity contribution in [1.29, 1.82) is 0 Å². The first-order valence-electron chi connectivity index (χ1n) is 7.74. The summed E-state index contributed by atoms with van der Waals surface area (Å²) in [7, 11) is 0. The number of carbonyl (C=O) groups excluding carboxylic acids is 1. The Bertz CT molecular complexity index is 1080. The smallest absolute Gasteiger partial charge is 0.275 e. The van der Waals surface area contributed by atoms with Gasteiger partial charge in [0.25, 0.3) is 5.91 Å². The van der Waals surface area contributed by atoms with Gasteiger partial charge >= 0.3 is 0 Å². The van der Waals surface area contributed by atoms with Crippen molar-refractivity contribution < 1.29 is 14.3 Å². The molecular formula is C20H14N2O3. The fourth-order valence-corrected chi connectivity index (χ4v) is 2.69. The molecule has 122 valence electrons. The highest BCUT2D eigenvalue weighted by Crippen LogP contribution is 2.24. The van der Waals surface area contributed by atoms with Gasteiger partial charge in [-0.3, -0.25) is 4.79 Å². The van der Waals surface area contributed by atoms with Crippen molar-refractivity contribution in [1.82, 2.24) is 5.43 Å². The molecule has 1 aromatic heterocycles. The van der Waals surface area contributed by atoms with Gasteiger partial charge in [-0.15, -0.1) is 0 Å². The van der Waals surface area contributed by atoms with E-state index in [-0.39, 0.29) is 11.3 Å². The minimum atomic E-state index is -0.490. The number of carbonyl (C=O) groups is 1. The monoisotopic (exact) mass is 330 g/mol. The van der Waals surface area contributed by atoms with Gasteiger partial charge in [0, 0.05) is 5.39 Å². The number of benzene rings is 3. The molecule has 5 nitrogen and oxygen atoms in total. The summed E-state index contributed by atoms with van der Waals surface area (Å²) < 4.78 is 5.59. The Kier molecular flexibility index (Phi) is 3.67. The van der Waals surface area contributed by atoms with Crippen LogP contribution in [0.4, 0.5) is 0 Å². The average Bonchev–Trinajstić information content (AvgIpc) is 3.03. The van der Waals surface area contributed by atoms with Crippen LogP contribution in [0.1, 0.15) is 16.1 Å². The average molecular weight is 330 g/mol. The van der Waals surface area contributed by atoms with Gasteiger partial charge in [-0.25, -0.2) is 5.43 Å². The van der Waals surface area contributed by atoms with Gasteiger partial charge in [0.2, 0.25) is 0 Å². The molecule has 0 aliphatic heterocycles. The van der Waals surface area contributed by atoms with Gasteiger partial charge in [0.15, 0.2) is 0 Å². The number of hydrogen-bond acceptors (Lipinski definition) is 4. The predicted molar refractivity (Wildman–Crippen MR) is 96.9 cm³/mol. The van der Waals surface area contributed by atoms with Crippen LogP contribution < -0.4 is 5.43 Å². The van der Waals surface area contributed by atoms with E-state index in [0.29, 0.717) is 5.76 Å². The van der Waals surface area contributed by atoms with Crippen LogP contribution in [-0.2, 0) is 0 Å². The molecule has 1 amide bonds. The molecule has 5 heteroatoms. The van der Waals surface area contributed by atoms with Gasteiger partial charge in [0.05, 0.1) is 11.8 Å². The Hall–Kier alpha value is -3.60. The summed E-state index contributed by atoms with van der Waals surface area (Å²) in [6.45, 7) is 0.